The molecule has 0 saturated carbocycles. The van der Waals surface area contributed by atoms with Gasteiger partial charge in [-0.15, -0.1) is 11.8 Å². The molecule has 1 unspecified atom stereocenters. The average molecular weight is 302 g/mol. The summed E-state index contributed by atoms with van der Waals surface area (Å²) in [4.78, 5) is 12.4. The van der Waals surface area contributed by atoms with Crippen LogP contribution in [0, 0.1) is 0 Å². The van der Waals surface area contributed by atoms with Gasteiger partial charge in [-0.2, -0.15) is 9.97 Å². The van der Waals surface area contributed by atoms with Gasteiger partial charge in [0.2, 0.25) is 5.28 Å². The Morgan fingerprint density at radius 3 is 2.89 bits per heavy atom. The maximum absolute atomic E-state index is 9.97. The molecule has 0 bridgehead atoms. The minimum atomic E-state index is -0.853. The van der Waals surface area contributed by atoms with Gasteiger partial charge in [0.05, 0.1) is 12.4 Å². The molecule has 2 aromatic rings. The number of aliphatic hydroxyl groups excluding tert-OH is 2. The Balaban J connectivity index is 2.13. The lowest BCUT2D eigenvalue weighted by Gasteiger charge is -2.17. The van der Waals surface area contributed by atoms with Crippen molar-refractivity contribution in [2.75, 3.05) is 18.1 Å². The van der Waals surface area contributed by atoms with Crippen molar-refractivity contribution in [3.8, 4) is 0 Å². The molecule has 9 heteroatoms. The zero-order valence-corrected chi connectivity index (χ0v) is 11.6. The Labute approximate surface area is 118 Å². The number of aliphatic hydroxyl groups is 2. The normalized spacial score (nSPS) is 27.1. The Morgan fingerprint density at radius 2 is 2.26 bits per heavy atom. The SMILES string of the molecule is CNc1nc(Cl)nc2c1ncn2[C@@H]1SC[C@H](O)C1O. The van der Waals surface area contributed by atoms with Gasteiger partial charge in [-0.05, 0) is 11.6 Å². The topological polar surface area (TPSA) is 96.1 Å². The molecule has 1 fully saturated rings. The smallest absolute Gasteiger partial charge is 0.226 e. The first-order valence-corrected chi connectivity index (χ1v) is 7.10. The number of imidazole rings is 1. The number of rotatable bonds is 2. The van der Waals surface area contributed by atoms with Crippen LogP contribution in [0.2, 0.25) is 5.28 Å². The van der Waals surface area contributed by atoms with Gasteiger partial charge >= 0.3 is 0 Å². The maximum Gasteiger partial charge on any atom is 0.226 e. The van der Waals surface area contributed by atoms with Crippen LogP contribution in [-0.4, -0.2) is 54.7 Å². The number of aromatic nitrogens is 4. The summed E-state index contributed by atoms with van der Waals surface area (Å²) in [6.45, 7) is 0. The summed E-state index contributed by atoms with van der Waals surface area (Å²) in [6, 6.07) is 0. The molecule has 0 amide bonds. The molecule has 3 N–H and O–H groups in total. The van der Waals surface area contributed by atoms with E-state index in [1.54, 1.807) is 17.9 Å². The lowest BCUT2D eigenvalue weighted by molar-refractivity contribution is 0.0313. The molecule has 1 aliphatic heterocycles. The number of halogens is 1. The van der Waals surface area contributed by atoms with Gasteiger partial charge in [-0.25, -0.2) is 4.98 Å². The number of nitrogens with zero attached hydrogens (tertiary/aromatic N) is 4. The van der Waals surface area contributed by atoms with Crippen LogP contribution in [0.15, 0.2) is 6.33 Å². The van der Waals surface area contributed by atoms with Crippen LogP contribution in [0.3, 0.4) is 0 Å². The third-order valence-electron chi connectivity index (χ3n) is 3.03. The molecule has 102 valence electrons. The second kappa shape index (κ2) is 4.78. The zero-order valence-electron chi connectivity index (χ0n) is 9.99. The van der Waals surface area contributed by atoms with E-state index in [0.29, 0.717) is 22.7 Å². The van der Waals surface area contributed by atoms with E-state index in [0.717, 1.165) is 0 Å². The van der Waals surface area contributed by atoms with Crippen molar-refractivity contribution in [2.24, 2.45) is 0 Å². The number of hydrogen-bond donors (Lipinski definition) is 3. The Kier molecular flexibility index (Phi) is 3.25. The zero-order chi connectivity index (χ0) is 13.6. The van der Waals surface area contributed by atoms with Crippen molar-refractivity contribution < 1.29 is 10.2 Å². The predicted molar refractivity (Wildman–Crippen MR) is 73.4 cm³/mol. The number of hydrogen-bond acceptors (Lipinski definition) is 7. The van der Waals surface area contributed by atoms with E-state index in [2.05, 4.69) is 20.3 Å². The highest BCUT2D eigenvalue weighted by molar-refractivity contribution is 7.99. The van der Waals surface area contributed by atoms with E-state index in [4.69, 9.17) is 11.6 Å². The fraction of sp³-hybridized carbons (Fsp3) is 0.500. The van der Waals surface area contributed by atoms with Crippen molar-refractivity contribution in [3.63, 3.8) is 0 Å². The van der Waals surface area contributed by atoms with Crippen LogP contribution >= 0.6 is 23.4 Å². The molecule has 7 nitrogen and oxygen atoms in total. The van der Waals surface area contributed by atoms with Crippen LogP contribution in [0.4, 0.5) is 5.82 Å². The van der Waals surface area contributed by atoms with Crippen LogP contribution in [0.25, 0.3) is 11.2 Å². The number of thioether (sulfide) groups is 1. The molecule has 1 aliphatic rings. The summed E-state index contributed by atoms with van der Waals surface area (Å²) >= 11 is 7.33. The highest BCUT2D eigenvalue weighted by Gasteiger charge is 2.36. The Hall–Kier alpha value is -1.09. The van der Waals surface area contributed by atoms with E-state index in [9.17, 15) is 10.2 Å². The van der Waals surface area contributed by atoms with Gasteiger partial charge in [0.1, 0.15) is 11.5 Å². The van der Waals surface area contributed by atoms with Gasteiger partial charge in [0.15, 0.2) is 17.0 Å². The van der Waals surface area contributed by atoms with Crippen molar-refractivity contribution in [2.45, 2.75) is 17.6 Å². The summed E-state index contributed by atoms with van der Waals surface area (Å²) in [7, 11) is 1.72. The molecule has 3 atom stereocenters. The van der Waals surface area contributed by atoms with Crippen molar-refractivity contribution in [1.82, 2.24) is 19.5 Å². The standard InChI is InChI=1S/C10H12ClN5O2S/c1-12-7-5-8(15-10(11)14-7)16(3-13-5)9-6(18)4(17)2-19-9/h3-4,6,9,17-18H,2H2,1H3,(H,12,14,15)/t4-,6?,9+/m0/s1. The third kappa shape index (κ3) is 2.04. The minimum Gasteiger partial charge on any atom is -0.389 e. The highest BCUT2D eigenvalue weighted by Crippen LogP contribution is 2.38. The average Bonchev–Trinajstić information content (AvgIpc) is 2.94. The molecular weight excluding hydrogens is 290 g/mol. The maximum atomic E-state index is 9.97. The first-order chi connectivity index (χ1) is 9.11. The van der Waals surface area contributed by atoms with Gasteiger partial charge in [0.25, 0.3) is 0 Å². The molecular formula is C10H12ClN5O2S. The van der Waals surface area contributed by atoms with E-state index in [-0.39, 0.29) is 10.7 Å². The van der Waals surface area contributed by atoms with Gasteiger partial charge in [-0.3, -0.25) is 4.57 Å². The summed E-state index contributed by atoms with van der Waals surface area (Å²) in [5.41, 5.74) is 1.12. The van der Waals surface area contributed by atoms with Gasteiger partial charge in [-0.1, -0.05) is 0 Å². The quantitative estimate of drug-likeness (QED) is 0.695. The molecule has 0 aliphatic carbocycles. The Morgan fingerprint density at radius 1 is 1.47 bits per heavy atom. The van der Waals surface area contributed by atoms with Crippen LogP contribution in [0.5, 0.6) is 0 Å². The molecule has 2 aromatic heterocycles. The number of anilines is 1. The van der Waals surface area contributed by atoms with E-state index in [1.165, 1.54) is 11.8 Å². The number of fused-ring (bicyclic) bond motifs is 1. The van der Waals surface area contributed by atoms with Crippen molar-refractivity contribution in [3.05, 3.63) is 11.6 Å². The summed E-state index contributed by atoms with van der Waals surface area (Å²) < 4.78 is 1.72. The fourth-order valence-corrected chi connectivity index (χ4v) is 3.53. The minimum absolute atomic E-state index is 0.108. The predicted octanol–water partition coefficient (Wildman–Crippen LogP) is 0.489. The molecule has 1 saturated heterocycles. The van der Waals surface area contributed by atoms with Gasteiger partial charge in [0, 0.05) is 12.8 Å². The summed E-state index contributed by atoms with van der Waals surface area (Å²) in [5.74, 6) is 1.01. The van der Waals surface area contributed by atoms with Crippen LogP contribution in [0.1, 0.15) is 5.37 Å². The molecule has 0 radical (unpaired) electrons. The van der Waals surface area contributed by atoms with Crippen LogP contribution in [-0.2, 0) is 0 Å². The third-order valence-corrected chi connectivity index (χ3v) is 4.58. The summed E-state index contributed by atoms with van der Waals surface area (Å²) in [5, 5.41) is 22.3. The van der Waals surface area contributed by atoms with E-state index < -0.39 is 12.2 Å². The van der Waals surface area contributed by atoms with Crippen LogP contribution < -0.4 is 5.32 Å². The largest absolute Gasteiger partial charge is 0.389 e. The highest BCUT2D eigenvalue weighted by atomic mass is 35.5. The lowest BCUT2D eigenvalue weighted by Crippen LogP contribution is -2.27. The molecule has 3 heterocycles. The second-order valence-electron chi connectivity index (χ2n) is 4.20. The van der Waals surface area contributed by atoms with Gasteiger partial charge < -0.3 is 15.5 Å². The number of nitrogens with one attached hydrogen (secondary N) is 1. The fourth-order valence-electron chi connectivity index (χ4n) is 2.08. The van der Waals surface area contributed by atoms with E-state index >= 15 is 0 Å². The second-order valence-corrected chi connectivity index (χ2v) is 5.68. The Bertz CT molecular complexity index is 621. The molecule has 19 heavy (non-hydrogen) atoms. The van der Waals surface area contributed by atoms with E-state index in [1.807, 2.05) is 0 Å². The van der Waals surface area contributed by atoms with Crippen molar-refractivity contribution >= 4 is 40.3 Å². The monoisotopic (exact) mass is 301 g/mol. The van der Waals surface area contributed by atoms with Crippen molar-refractivity contribution in [1.29, 1.82) is 0 Å². The first-order valence-electron chi connectivity index (χ1n) is 5.67. The molecule has 3 rings (SSSR count). The molecule has 0 aromatic carbocycles. The lowest BCUT2D eigenvalue weighted by atomic mass is 10.2. The summed E-state index contributed by atoms with van der Waals surface area (Å²) in [6.07, 6.45) is -0.0159. The first kappa shape index (κ1) is 12.9. The molecule has 0 spiro atoms.